The molecular formula is C16H21N3. The molecule has 0 amide bonds. The number of rotatable bonds is 4. The average Bonchev–Trinajstić information content (AvgIpc) is 2.99. The van der Waals surface area contributed by atoms with Crippen molar-refractivity contribution in [2.24, 2.45) is 0 Å². The molecule has 3 rings (SSSR count). The molecule has 100 valence electrons. The Kier molecular flexibility index (Phi) is 3.65. The molecule has 1 atom stereocenters. The summed E-state index contributed by atoms with van der Waals surface area (Å²) in [4.78, 5) is 7.03. The monoisotopic (exact) mass is 255 g/mol. The summed E-state index contributed by atoms with van der Waals surface area (Å²) in [6.45, 7) is 5.74. The zero-order chi connectivity index (χ0) is 13.1. The Hall–Kier alpha value is -1.61. The Morgan fingerprint density at radius 3 is 2.84 bits per heavy atom. The first-order valence-electron chi connectivity index (χ1n) is 7.16. The van der Waals surface area contributed by atoms with E-state index >= 15 is 0 Å². The van der Waals surface area contributed by atoms with Gasteiger partial charge >= 0.3 is 0 Å². The van der Waals surface area contributed by atoms with Gasteiger partial charge in [0.1, 0.15) is 5.82 Å². The fourth-order valence-electron chi connectivity index (χ4n) is 2.82. The smallest absolute Gasteiger partial charge is 0.133 e. The molecule has 0 aliphatic carbocycles. The Morgan fingerprint density at radius 1 is 1.21 bits per heavy atom. The number of nitrogens with one attached hydrogen (secondary N) is 1. The highest BCUT2D eigenvalue weighted by Crippen LogP contribution is 2.20. The van der Waals surface area contributed by atoms with Crippen LogP contribution in [-0.2, 0) is 0 Å². The van der Waals surface area contributed by atoms with Crippen molar-refractivity contribution in [3.63, 3.8) is 0 Å². The molecule has 0 saturated carbocycles. The molecule has 2 heterocycles. The largest absolute Gasteiger partial charge is 0.368 e. The summed E-state index contributed by atoms with van der Waals surface area (Å²) in [6, 6.07) is 11.0. The fourth-order valence-corrected chi connectivity index (χ4v) is 2.82. The highest BCUT2D eigenvalue weighted by molar-refractivity contribution is 5.91. The van der Waals surface area contributed by atoms with Crippen molar-refractivity contribution in [2.75, 3.05) is 25.0 Å². The molecule has 1 unspecified atom stereocenters. The lowest BCUT2D eigenvalue weighted by Gasteiger charge is -2.24. The second-order valence-corrected chi connectivity index (χ2v) is 5.35. The van der Waals surface area contributed by atoms with Crippen LogP contribution in [0, 0.1) is 0 Å². The van der Waals surface area contributed by atoms with E-state index in [2.05, 4.69) is 52.5 Å². The highest BCUT2D eigenvalue weighted by Gasteiger charge is 2.17. The lowest BCUT2D eigenvalue weighted by Crippen LogP contribution is -2.35. The topological polar surface area (TPSA) is 28.2 Å². The van der Waals surface area contributed by atoms with Crippen molar-refractivity contribution in [1.29, 1.82) is 0 Å². The molecule has 3 heteroatoms. The molecule has 1 N–H and O–H groups in total. The third kappa shape index (κ3) is 2.71. The van der Waals surface area contributed by atoms with Gasteiger partial charge in [-0.05, 0) is 44.3 Å². The van der Waals surface area contributed by atoms with Crippen molar-refractivity contribution in [2.45, 2.75) is 25.8 Å². The van der Waals surface area contributed by atoms with E-state index in [4.69, 9.17) is 0 Å². The molecule has 1 aromatic carbocycles. The van der Waals surface area contributed by atoms with Crippen LogP contribution in [0.2, 0.25) is 0 Å². The van der Waals surface area contributed by atoms with Gasteiger partial charge in [0.2, 0.25) is 0 Å². The standard InChI is InChI=1S/C16H21N3/c1-13(19-10-4-5-11-19)12-18-16-15-7-3-2-6-14(15)8-9-17-16/h2-3,6-9,13H,4-5,10-12H2,1H3,(H,17,18). The minimum atomic E-state index is 0.572. The average molecular weight is 255 g/mol. The Bertz CT molecular complexity index is 541. The van der Waals surface area contributed by atoms with Gasteiger partial charge in [-0.1, -0.05) is 24.3 Å². The van der Waals surface area contributed by atoms with Gasteiger partial charge in [0.15, 0.2) is 0 Å². The molecule has 1 fully saturated rings. The van der Waals surface area contributed by atoms with Gasteiger partial charge in [-0.3, -0.25) is 4.90 Å². The quantitative estimate of drug-likeness (QED) is 0.909. The lowest BCUT2D eigenvalue weighted by atomic mass is 10.1. The maximum absolute atomic E-state index is 4.48. The summed E-state index contributed by atoms with van der Waals surface area (Å²) in [5, 5.41) is 5.96. The third-order valence-corrected chi connectivity index (χ3v) is 4.00. The first kappa shape index (κ1) is 12.4. The molecule has 1 aromatic heterocycles. The van der Waals surface area contributed by atoms with Gasteiger partial charge < -0.3 is 5.32 Å². The Balaban J connectivity index is 1.71. The fraction of sp³-hybridized carbons (Fsp3) is 0.438. The minimum absolute atomic E-state index is 0.572. The SMILES string of the molecule is CC(CNc1nccc2ccccc12)N1CCCC1. The lowest BCUT2D eigenvalue weighted by molar-refractivity contribution is 0.269. The van der Waals surface area contributed by atoms with E-state index in [1.54, 1.807) is 0 Å². The van der Waals surface area contributed by atoms with E-state index in [0.717, 1.165) is 12.4 Å². The zero-order valence-electron chi connectivity index (χ0n) is 11.5. The summed E-state index contributed by atoms with van der Waals surface area (Å²) in [5.74, 6) is 1.00. The Morgan fingerprint density at radius 2 is 2.00 bits per heavy atom. The van der Waals surface area contributed by atoms with Crippen LogP contribution in [0.15, 0.2) is 36.5 Å². The van der Waals surface area contributed by atoms with E-state index in [1.165, 1.54) is 36.7 Å². The molecular weight excluding hydrogens is 234 g/mol. The number of fused-ring (bicyclic) bond motifs is 1. The van der Waals surface area contributed by atoms with Gasteiger partial charge in [-0.25, -0.2) is 4.98 Å². The van der Waals surface area contributed by atoms with Crippen LogP contribution in [0.1, 0.15) is 19.8 Å². The number of likely N-dealkylation sites (tertiary alicyclic amines) is 1. The van der Waals surface area contributed by atoms with Crippen LogP contribution in [0.4, 0.5) is 5.82 Å². The molecule has 1 saturated heterocycles. The number of aromatic nitrogens is 1. The summed E-state index contributed by atoms with van der Waals surface area (Å²) < 4.78 is 0. The predicted octanol–water partition coefficient (Wildman–Crippen LogP) is 3.13. The molecule has 2 aromatic rings. The van der Waals surface area contributed by atoms with Crippen molar-refractivity contribution < 1.29 is 0 Å². The second-order valence-electron chi connectivity index (χ2n) is 5.35. The van der Waals surface area contributed by atoms with Crippen LogP contribution in [0.5, 0.6) is 0 Å². The molecule has 0 bridgehead atoms. The summed E-state index contributed by atoms with van der Waals surface area (Å²) >= 11 is 0. The van der Waals surface area contributed by atoms with Crippen molar-refractivity contribution in [3.05, 3.63) is 36.5 Å². The van der Waals surface area contributed by atoms with Crippen LogP contribution >= 0.6 is 0 Å². The number of hydrogen-bond acceptors (Lipinski definition) is 3. The third-order valence-electron chi connectivity index (χ3n) is 4.00. The number of nitrogens with zero attached hydrogens (tertiary/aromatic N) is 2. The summed E-state index contributed by atoms with van der Waals surface area (Å²) in [7, 11) is 0. The maximum atomic E-state index is 4.48. The first-order chi connectivity index (χ1) is 9.34. The number of pyridine rings is 1. The van der Waals surface area contributed by atoms with E-state index in [-0.39, 0.29) is 0 Å². The highest BCUT2D eigenvalue weighted by atomic mass is 15.2. The van der Waals surface area contributed by atoms with Crippen molar-refractivity contribution in [3.8, 4) is 0 Å². The minimum Gasteiger partial charge on any atom is -0.368 e. The van der Waals surface area contributed by atoms with Gasteiger partial charge in [-0.2, -0.15) is 0 Å². The number of anilines is 1. The normalized spacial score (nSPS) is 17.7. The second kappa shape index (κ2) is 5.57. The van der Waals surface area contributed by atoms with Gasteiger partial charge in [0.25, 0.3) is 0 Å². The Labute approximate surface area is 114 Å². The van der Waals surface area contributed by atoms with Gasteiger partial charge in [-0.15, -0.1) is 0 Å². The van der Waals surface area contributed by atoms with E-state index in [0.29, 0.717) is 6.04 Å². The van der Waals surface area contributed by atoms with Gasteiger partial charge in [0, 0.05) is 24.2 Å². The van der Waals surface area contributed by atoms with E-state index in [1.807, 2.05) is 6.20 Å². The molecule has 0 radical (unpaired) electrons. The number of benzene rings is 1. The first-order valence-corrected chi connectivity index (χ1v) is 7.16. The molecule has 1 aliphatic heterocycles. The van der Waals surface area contributed by atoms with Crippen molar-refractivity contribution in [1.82, 2.24) is 9.88 Å². The summed E-state index contributed by atoms with van der Waals surface area (Å²) in [6.07, 6.45) is 4.57. The van der Waals surface area contributed by atoms with E-state index < -0.39 is 0 Å². The molecule has 19 heavy (non-hydrogen) atoms. The zero-order valence-corrected chi connectivity index (χ0v) is 11.5. The maximum Gasteiger partial charge on any atom is 0.133 e. The predicted molar refractivity (Wildman–Crippen MR) is 80.5 cm³/mol. The van der Waals surface area contributed by atoms with Crippen LogP contribution in [-0.4, -0.2) is 35.6 Å². The molecule has 3 nitrogen and oxygen atoms in total. The van der Waals surface area contributed by atoms with Crippen LogP contribution < -0.4 is 5.32 Å². The molecule has 1 aliphatic rings. The van der Waals surface area contributed by atoms with Crippen LogP contribution in [0.25, 0.3) is 10.8 Å². The van der Waals surface area contributed by atoms with E-state index in [9.17, 15) is 0 Å². The molecule has 0 spiro atoms. The number of hydrogen-bond donors (Lipinski definition) is 1. The van der Waals surface area contributed by atoms with Crippen LogP contribution in [0.3, 0.4) is 0 Å². The summed E-state index contributed by atoms with van der Waals surface area (Å²) in [5.41, 5.74) is 0. The van der Waals surface area contributed by atoms with Crippen molar-refractivity contribution >= 4 is 16.6 Å². The van der Waals surface area contributed by atoms with Gasteiger partial charge in [0.05, 0.1) is 0 Å².